The van der Waals surface area contributed by atoms with Gasteiger partial charge in [-0.3, -0.25) is 0 Å². The van der Waals surface area contributed by atoms with Crippen LogP contribution in [-0.2, 0) is 4.74 Å². The standard InChI is InChI=1S/C24H29N7O/c1-18-6-5-7-20(19(18)2)22-26-23(28-24(27-22)31-14-16-32-17-15-31)30-12-10-29(11-13-30)21-8-3-4-9-25-21/h3-9H,10-17H2,1-2H3. The molecule has 0 atom stereocenters. The molecule has 0 bridgehead atoms. The molecule has 3 aromatic rings. The summed E-state index contributed by atoms with van der Waals surface area (Å²) in [7, 11) is 0. The van der Waals surface area contributed by atoms with Crippen LogP contribution in [0, 0.1) is 13.8 Å². The zero-order valence-electron chi connectivity index (χ0n) is 18.7. The van der Waals surface area contributed by atoms with Gasteiger partial charge in [0.05, 0.1) is 13.2 Å². The van der Waals surface area contributed by atoms with Crippen molar-refractivity contribution in [1.82, 2.24) is 19.9 Å². The molecule has 0 amide bonds. The number of aryl methyl sites for hydroxylation is 1. The molecule has 2 aromatic heterocycles. The molecule has 2 fully saturated rings. The van der Waals surface area contributed by atoms with Gasteiger partial charge in [0.25, 0.3) is 0 Å². The van der Waals surface area contributed by atoms with E-state index in [1.165, 1.54) is 11.1 Å². The van der Waals surface area contributed by atoms with Crippen LogP contribution >= 0.6 is 0 Å². The number of hydrogen-bond donors (Lipinski definition) is 0. The Morgan fingerprint density at radius 2 is 1.41 bits per heavy atom. The van der Waals surface area contributed by atoms with Gasteiger partial charge in [0, 0.05) is 51.0 Å². The predicted molar refractivity (Wildman–Crippen MR) is 126 cm³/mol. The number of aromatic nitrogens is 4. The quantitative estimate of drug-likeness (QED) is 0.625. The average molecular weight is 432 g/mol. The third-order valence-electron chi connectivity index (χ3n) is 6.29. The smallest absolute Gasteiger partial charge is 0.230 e. The maximum absolute atomic E-state index is 5.54. The molecule has 2 saturated heterocycles. The third-order valence-corrected chi connectivity index (χ3v) is 6.29. The lowest BCUT2D eigenvalue weighted by atomic mass is 10.0. The SMILES string of the molecule is Cc1cccc(-c2nc(N3CCOCC3)nc(N3CCN(c4ccccn4)CC3)n2)c1C. The highest BCUT2D eigenvalue weighted by molar-refractivity contribution is 5.64. The molecule has 32 heavy (non-hydrogen) atoms. The van der Waals surface area contributed by atoms with Gasteiger partial charge < -0.3 is 19.4 Å². The first kappa shape index (κ1) is 20.6. The van der Waals surface area contributed by atoms with E-state index in [1.807, 2.05) is 18.3 Å². The molecule has 2 aliphatic heterocycles. The zero-order valence-corrected chi connectivity index (χ0v) is 18.7. The summed E-state index contributed by atoms with van der Waals surface area (Å²) >= 11 is 0. The van der Waals surface area contributed by atoms with Crippen LogP contribution in [0.5, 0.6) is 0 Å². The van der Waals surface area contributed by atoms with Gasteiger partial charge >= 0.3 is 0 Å². The van der Waals surface area contributed by atoms with Crippen LogP contribution in [0.2, 0.25) is 0 Å². The Kier molecular flexibility index (Phi) is 5.85. The number of anilines is 3. The van der Waals surface area contributed by atoms with Crippen LogP contribution in [0.4, 0.5) is 17.7 Å². The molecule has 8 heteroatoms. The fraction of sp³-hybridized carbons (Fsp3) is 0.417. The molecule has 4 heterocycles. The van der Waals surface area contributed by atoms with Crippen molar-refractivity contribution in [2.45, 2.75) is 13.8 Å². The molecule has 0 radical (unpaired) electrons. The average Bonchev–Trinajstić information content (AvgIpc) is 2.86. The van der Waals surface area contributed by atoms with Crippen LogP contribution < -0.4 is 14.7 Å². The number of morpholine rings is 1. The number of hydrogen-bond acceptors (Lipinski definition) is 8. The van der Waals surface area contributed by atoms with Crippen molar-refractivity contribution in [2.24, 2.45) is 0 Å². The molecule has 1 aromatic carbocycles. The summed E-state index contributed by atoms with van der Waals surface area (Å²) in [5, 5.41) is 0. The van der Waals surface area contributed by atoms with Crippen molar-refractivity contribution in [3.63, 3.8) is 0 Å². The highest BCUT2D eigenvalue weighted by atomic mass is 16.5. The van der Waals surface area contributed by atoms with Crippen LogP contribution in [0.1, 0.15) is 11.1 Å². The largest absolute Gasteiger partial charge is 0.378 e. The molecular formula is C24H29N7O. The first-order chi connectivity index (χ1) is 15.7. The van der Waals surface area contributed by atoms with Crippen molar-refractivity contribution in [3.05, 3.63) is 53.7 Å². The number of ether oxygens (including phenoxy) is 1. The highest BCUT2D eigenvalue weighted by Crippen LogP contribution is 2.27. The fourth-order valence-electron chi connectivity index (χ4n) is 4.19. The van der Waals surface area contributed by atoms with E-state index in [2.05, 4.69) is 57.8 Å². The monoisotopic (exact) mass is 431 g/mol. The lowest BCUT2D eigenvalue weighted by molar-refractivity contribution is 0.122. The minimum absolute atomic E-state index is 0.697. The van der Waals surface area contributed by atoms with Crippen LogP contribution in [0.3, 0.4) is 0 Å². The van der Waals surface area contributed by atoms with Gasteiger partial charge in [0.2, 0.25) is 11.9 Å². The molecule has 0 unspecified atom stereocenters. The predicted octanol–water partition coefficient (Wildman–Crippen LogP) is 2.71. The summed E-state index contributed by atoms with van der Waals surface area (Å²) < 4.78 is 5.54. The maximum atomic E-state index is 5.54. The fourth-order valence-corrected chi connectivity index (χ4v) is 4.19. The van der Waals surface area contributed by atoms with Gasteiger partial charge in [-0.15, -0.1) is 0 Å². The van der Waals surface area contributed by atoms with Crippen molar-refractivity contribution in [1.29, 1.82) is 0 Å². The van der Waals surface area contributed by atoms with E-state index in [9.17, 15) is 0 Å². The Hall–Kier alpha value is -3.26. The van der Waals surface area contributed by atoms with E-state index >= 15 is 0 Å². The third kappa shape index (κ3) is 4.23. The summed E-state index contributed by atoms with van der Waals surface area (Å²) in [4.78, 5) is 26.0. The minimum Gasteiger partial charge on any atom is -0.378 e. The minimum atomic E-state index is 0.697. The second-order valence-corrected chi connectivity index (χ2v) is 8.27. The number of nitrogens with zero attached hydrogens (tertiary/aromatic N) is 7. The topological polar surface area (TPSA) is 70.5 Å². The van der Waals surface area contributed by atoms with Crippen molar-refractivity contribution < 1.29 is 4.74 Å². The molecule has 8 nitrogen and oxygen atoms in total. The molecule has 166 valence electrons. The van der Waals surface area contributed by atoms with E-state index in [0.717, 1.165) is 68.4 Å². The number of piperazine rings is 1. The van der Waals surface area contributed by atoms with E-state index < -0.39 is 0 Å². The van der Waals surface area contributed by atoms with Gasteiger partial charge in [-0.25, -0.2) is 4.98 Å². The number of rotatable bonds is 4. The summed E-state index contributed by atoms with van der Waals surface area (Å²) in [5.41, 5.74) is 3.51. The maximum Gasteiger partial charge on any atom is 0.230 e. The lowest BCUT2D eigenvalue weighted by Gasteiger charge is -2.36. The second-order valence-electron chi connectivity index (χ2n) is 8.27. The highest BCUT2D eigenvalue weighted by Gasteiger charge is 2.24. The van der Waals surface area contributed by atoms with Gasteiger partial charge in [0.15, 0.2) is 5.82 Å². The Bertz CT molecular complexity index is 1060. The van der Waals surface area contributed by atoms with E-state index in [0.29, 0.717) is 13.2 Å². The van der Waals surface area contributed by atoms with Crippen LogP contribution in [0.25, 0.3) is 11.4 Å². The Morgan fingerprint density at radius 3 is 2.09 bits per heavy atom. The summed E-state index contributed by atoms with van der Waals surface area (Å²) in [5.74, 6) is 3.25. The van der Waals surface area contributed by atoms with Crippen molar-refractivity contribution in [3.8, 4) is 11.4 Å². The first-order valence-electron chi connectivity index (χ1n) is 11.3. The van der Waals surface area contributed by atoms with Gasteiger partial charge in [0.1, 0.15) is 5.82 Å². The Balaban J connectivity index is 1.45. The zero-order chi connectivity index (χ0) is 21.9. The molecule has 0 aliphatic carbocycles. The summed E-state index contributed by atoms with van der Waals surface area (Å²) in [6.45, 7) is 10.7. The lowest BCUT2D eigenvalue weighted by Crippen LogP contribution is -2.47. The molecule has 0 saturated carbocycles. The first-order valence-corrected chi connectivity index (χ1v) is 11.3. The van der Waals surface area contributed by atoms with Crippen LogP contribution in [0.15, 0.2) is 42.6 Å². The number of benzene rings is 1. The normalized spacial score (nSPS) is 17.0. The van der Waals surface area contributed by atoms with E-state index in [4.69, 9.17) is 19.7 Å². The molecular weight excluding hydrogens is 402 g/mol. The van der Waals surface area contributed by atoms with Gasteiger partial charge in [-0.1, -0.05) is 24.3 Å². The van der Waals surface area contributed by atoms with Crippen LogP contribution in [-0.4, -0.2) is 72.4 Å². The summed E-state index contributed by atoms with van der Waals surface area (Å²) in [6, 6.07) is 12.3. The molecule has 5 rings (SSSR count). The molecule has 2 aliphatic rings. The molecule has 0 N–H and O–H groups in total. The van der Waals surface area contributed by atoms with E-state index in [1.54, 1.807) is 0 Å². The van der Waals surface area contributed by atoms with Crippen molar-refractivity contribution in [2.75, 3.05) is 67.2 Å². The van der Waals surface area contributed by atoms with Gasteiger partial charge in [-0.05, 0) is 37.1 Å². The number of pyridine rings is 1. The molecule has 0 spiro atoms. The Morgan fingerprint density at radius 1 is 0.719 bits per heavy atom. The van der Waals surface area contributed by atoms with E-state index in [-0.39, 0.29) is 0 Å². The van der Waals surface area contributed by atoms with Gasteiger partial charge in [-0.2, -0.15) is 15.0 Å². The van der Waals surface area contributed by atoms with Crippen molar-refractivity contribution >= 4 is 17.7 Å². The second kappa shape index (κ2) is 9.08. The summed E-state index contributed by atoms with van der Waals surface area (Å²) in [6.07, 6.45) is 1.85. The Labute approximate surface area is 188 Å².